The van der Waals surface area contributed by atoms with Crippen LogP contribution in [0.4, 0.5) is 4.79 Å². The smallest absolute Gasteiger partial charge is 0.317 e. The number of aromatic nitrogens is 2. The molecular formula is C16H28N4O2. The first-order valence-electron chi connectivity index (χ1n) is 8.59. The van der Waals surface area contributed by atoms with Crippen molar-refractivity contribution in [2.45, 2.75) is 64.7 Å². The molecule has 124 valence electrons. The summed E-state index contributed by atoms with van der Waals surface area (Å²) in [7, 11) is 0. The average molecular weight is 308 g/mol. The van der Waals surface area contributed by atoms with Gasteiger partial charge >= 0.3 is 6.03 Å². The van der Waals surface area contributed by atoms with Gasteiger partial charge < -0.3 is 14.7 Å². The second-order valence-corrected chi connectivity index (χ2v) is 6.02. The van der Waals surface area contributed by atoms with E-state index in [1.54, 1.807) is 0 Å². The molecule has 0 aromatic carbocycles. The Labute approximate surface area is 132 Å². The summed E-state index contributed by atoms with van der Waals surface area (Å²) in [5, 5.41) is 7.03. The van der Waals surface area contributed by atoms with E-state index in [2.05, 4.69) is 29.3 Å². The van der Waals surface area contributed by atoms with E-state index in [-0.39, 0.29) is 11.9 Å². The highest BCUT2D eigenvalue weighted by atomic mass is 16.5. The molecule has 1 atom stereocenters. The standard InChI is InChI=1S/C16H28N4O2/c1-3-5-9-14-18-15(22-19-14)13-8-7-11-20(12-13)16(21)17-10-6-4-2/h13H,3-12H2,1-2H3,(H,17,21)/t13-/m0/s1. The fraction of sp³-hybridized carbons (Fsp3) is 0.812. The number of carbonyl (C=O) groups excluding carboxylic acids is 1. The molecule has 2 rings (SSSR count). The van der Waals surface area contributed by atoms with Crippen LogP contribution >= 0.6 is 0 Å². The first-order chi connectivity index (χ1) is 10.7. The van der Waals surface area contributed by atoms with Crippen molar-refractivity contribution in [3.05, 3.63) is 11.7 Å². The Kier molecular flexibility index (Phi) is 6.68. The quantitative estimate of drug-likeness (QED) is 0.786. The largest absolute Gasteiger partial charge is 0.339 e. The molecule has 2 amide bonds. The molecule has 0 aliphatic carbocycles. The molecule has 1 aromatic heterocycles. The fourth-order valence-corrected chi connectivity index (χ4v) is 2.72. The number of piperidine rings is 1. The van der Waals surface area contributed by atoms with E-state index in [1.165, 1.54) is 0 Å². The maximum absolute atomic E-state index is 12.1. The lowest BCUT2D eigenvalue weighted by molar-refractivity contribution is 0.172. The molecule has 1 aliphatic rings. The van der Waals surface area contributed by atoms with Crippen molar-refractivity contribution in [1.82, 2.24) is 20.4 Å². The van der Waals surface area contributed by atoms with Gasteiger partial charge in [0.2, 0.25) is 5.89 Å². The van der Waals surface area contributed by atoms with E-state index in [0.717, 1.165) is 63.9 Å². The van der Waals surface area contributed by atoms with Gasteiger partial charge in [-0.1, -0.05) is 31.8 Å². The second kappa shape index (κ2) is 8.76. The molecule has 0 radical (unpaired) electrons. The Bertz CT molecular complexity index is 461. The van der Waals surface area contributed by atoms with Gasteiger partial charge in [0.15, 0.2) is 5.82 Å². The Balaban J connectivity index is 1.87. The minimum atomic E-state index is 0.0314. The number of likely N-dealkylation sites (tertiary alicyclic amines) is 1. The van der Waals surface area contributed by atoms with Gasteiger partial charge in [0.1, 0.15) is 0 Å². The van der Waals surface area contributed by atoms with Crippen molar-refractivity contribution in [2.75, 3.05) is 19.6 Å². The van der Waals surface area contributed by atoms with E-state index in [4.69, 9.17) is 4.52 Å². The third kappa shape index (κ3) is 4.71. The molecule has 1 fully saturated rings. The number of hydrogen-bond acceptors (Lipinski definition) is 4. The summed E-state index contributed by atoms with van der Waals surface area (Å²) in [5.74, 6) is 1.66. The van der Waals surface area contributed by atoms with E-state index in [1.807, 2.05) is 4.90 Å². The topological polar surface area (TPSA) is 71.3 Å². The zero-order chi connectivity index (χ0) is 15.8. The van der Waals surface area contributed by atoms with Gasteiger partial charge in [0.25, 0.3) is 0 Å². The van der Waals surface area contributed by atoms with Crippen LogP contribution in [0.5, 0.6) is 0 Å². The zero-order valence-electron chi connectivity index (χ0n) is 13.8. The molecule has 0 unspecified atom stereocenters. The van der Waals surface area contributed by atoms with Gasteiger partial charge in [-0.3, -0.25) is 0 Å². The third-order valence-corrected chi connectivity index (χ3v) is 4.10. The molecule has 6 nitrogen and oxygen atoms in total. The van der Waals surface area contributed by atoms with E-state index >= 15 is 0 Å². The van der Waals surface area contributed by atoms with Gasteiger partial charge in [-0.05, 0) is 25.7 Å². The summed E-state index contributed by atoms with van der Waals surface area (Å²) in [6.45, 7) is 6.50. The van der Waals surface area contributed by atoms with Crippen LogP contribution in [0.15, 0.2) is 4.52 Å². The van der Waals surface area contributed by atoms with Crippen molar-refractivity contribution < 1.29 is 9.32 Å². The lowest BCUT2D eigenvalue weighted by Gasteiger charge is -2.31. The number of amides is 2. The molecule has 0 bridgehead atoms. The van der Waals surface area contributed by atoms with Crippen LogP contribution in [0.3, 0.4) is 0 Å². The third-order valence-electron chi connectivity index (χ3n) is 4.10. The minimum absolute atomic E-state index is 0.0314. The molecule has 22 heavy (non-hydrogen) atoms. The summed E-state index contributed by atoms with van der Waals surface area (Å²) < 4.78 is 5.41. The van der Waals surface area contributed by atoms with E-state index in [9.17, 15) is 4.79 Å². The molecule has 0 spiro atoms. The minimum Gasteiger partial charge on any atom is -0.339 e. The highest BCUT2D eigenvalue weighted by Crippen LogP contribution is 2.25. The van der Waals surface area contributed by atoms with Crippen molar-refractivity contribution in [3.8, 4) is 0 Å². The van der Waals surface area contributed by atoms with Crippen molar-refractivity contribution >= 4 is 6.03 Å². The van der Waals surface area contributed by atoms with Crippen LogP contribution in [0.1, 0.15) is 70.0 Å². The number of nitrogens with zero attached hydrogens (tertiary/aromatic N) is 3. The van der Waals surface area contributed by atoms with E-state index in [0.29, 0.717) is 12.4 Å². The van der Waals surface area contributed by atoms with Crippen LogP contribution in [0, 0.1) is 0 Å². The Morgan fingerprint density at radius 3 is 2.95 bits per heavy atom. The molecular weight excluding hydrogens is 280 g/mol. The highest BCUT2D eigenvalue weighted by molar-refractivity contribution is 5.74. The summed E-state index contributed by atoms with van der Waals surface area (Å²) in [6, 6.07) is 0.0314. The van der Waals surface area contributed by atoms with Gasteiger partial charge in [-0.25, -0.2) is 4.79 Å². The Morgan fingerprint density at radius 1 is 1.36 bits per heavy atom. The van der Waals surface area contributed by atoms with Crippen LogP contribution in [-0.2, 0) is 6.42 Å². The number of unbranched alkanes of at least 4 members (excludes halogenated alkanes) is 2. The fourth-order valence-electron chi connectivity index (χ4n) is 2.72. The number of aryl methyl sites for hydroxylation is 1. The van der Waals surface area contributed by atoms with Crippen LogP contribution in [0.25, 0.3) is 0 Å². The lowest BCUT2D eigenvalue weighted by Crippen LogP contribution is -2.45. The predicted octanol–water partition coefficient (Wildman–Crippen LogP) is 3.10. The molecule has 1 aromatic rings. The lowest BCUT2D eigenvalue weighted by atomic mass is 9.98. The van der Waals surface area contributed by atoms with Gasteiger partial charge in [-0.15, -0.1) is 0 Å². The predicted molar refractivity (Wildman–Crippen MR) is 84.8 cm³/mol. The van der Waals surface area contributed by atoms with Gasteiger partial charge in [0, 0.05) is 26.1 Å². The van der Waals surface area contributed by atoms with Crippen molar-refractivity contribution in [1.29, 1.82) is 0 Å². The number of hydrogen-bond donors (Lipinski definition) is 1. The first-order valence-corrected chi connectivity index (χ1v) is 8.59. The molecule has 1 N–H and O–H groups in total. The maximum atomic E-state index is 12.1. The highest BCUT2D eigenvalue weighted by Gasteiger charge is 2.28. The second-order valence-electron chi connectivity index (χ2n) is 6.02. The summed E-state index contributed by atoms with van der Waals surface area (Å²) in [6.07, 6.45) is 7.17. The number of carbonyl (C=O) groups is 1. The number of rotatable bonds is 7. The van der Waals surface area contributed by atoms with Crippen molar-refractivity contribution in [2.24, 2.45) is 0 Å². The maximum Gasteiger partial charge on any atom is 0.317 e. The molecule has 0 saturated carbocycles. The molecule has 1 aliphatic heterocycles. The summed E-state index contributed by atoms with van der Waals surface area (Å²) in [4.78, 5) is 18.5. The Hall–Kier alpha value is -1.59. The monoisotopic (exact) mass is 308 g/mol. The molecule has 2 heterocycles. The number of urea groups is 1. The van der Waals surface area contributed by atoms with Crippen molar-refractivity contribution in [3.63, 3.8) is 0 Å². The average Bonchev–Trinajstić information content (AvgIpc) is 3.02. The molecule has 1 saturated heterocycles. The zero-order valence-corrected chi connectivity index (χ0v) is 13.8. The summed E-state index contributed by atoms with van der Waals surface area (Å²) >= 11 is 0. The van der Waals surface area contributed by atoms with Crippen LogP contribution in [0.2, 0.25) is 0 Å². The first kappa shape index (κ1) is 16.8. The van der Waals surface area contributed by atoms with E-state index < -0.39 is 0 Å². The van der Waals surface area contributed by atoms with Gasteiger partial charge in [-0.2, -0.15) is 4.98 Å². The summed E-state index contributed by atoms with van der Waals surface area (Å²) in [5.41, 5.74) is 0. The van der Waals surface area contributed by atoms with Crippen LogP contribution in [-0.4, -0.2) is 40.7 Å². The SMILES string of the molecule is CCCCNC(=O)N1CCC[C@H](c2nc(CCCC)no2)C1. The van der Waals surface area contributed by atoms with Crippen LogP contribution < -0.4 is 5.32 Å². The van der Waals surface area contributed by atoms with Gasteiger partial charge in [0.05, 0.1) is 5.92 Å². The molecule has 6 heteroatoms. The number of nitrogens with one attached hydrogen (secondary N) is 1. The normalized spacial score (nSPS) is 18.5. The Morgan fingerprint density at radius 2 is 2.18 bits per heavy atom.